The van der Waals surface area contributed by atoms with Crippen LogP contribution in [0.3, 0.4) is 0 Å². The number of fused-ring (bicyclic) bond motifs is 1. The Morgan fingerprint density at radius 3 is 2.46 bits per heavy atom. The van der Waals surface area contributed by atoms with Crippen LogP contribution in [0.4, 0.5) is 5.69 Å². The number of carboxylic acid groups (broad SMARTS) is 1. The molecule has 2 aromatic rings. The van der Waals surface area contributed by atoms with Gasteiger partial charge in [0.05, 0.1) is 0 Å². The lowest BCUT2D eigenvalue weighted by molar-refractivity contribution is -0.113. The maximum Gasteiger partial charge on any atom is 0.371 e. The Kier molecular flexibility index (Phi) is 5.25. The van der Waals surface area contributed by atoms with Gasteiger partial charge in [0.25, 0.3) is 0 Å². The lowest BCUT2D eigenvalue weighted by atomic mass is 10.2. The van der Waals surface area contributed by atoms with E-state index in [0.29, 0.717) is 29.7 Å². The van der Waals surface area contributed by atoms with Crippen molar-refractivity contribution in [2.24, 2.45) is 0 Å². The van der Waals surface area contributed by atoms with Crippen LogP contribution in [0.15, 0.2) is 28.7 Å². The largest absolute Gasteiger partial charge is 0.475 e. The molecule has 0 radical (unpaired) electrons. The highest BCUT2D eigenvalue weighted by Crippen LogP contribution is 2.23. The number of hydrogen-bond acceptors (Lipinski definition) is 5. The van der Waals surface area contributed by atoms with Crippen LogP contribution >= 0.6 is 0 Å². The van der Waals surface area contributed by atoms with Gasteiger partial charge in [0.1, 0.15) is 11.3 Å². The smallest absolute Gasteiger partial charge is 0.371 e. The van der Waals surface area contributed by atoms with E-state index in [1.54, 1.807) is 13.8 Å². The first-order valence-corrected chi connectivity index (χ1v) is 8.92. The average molecular weight is 354 g/mol. The minimum atomic E-state index is -3.67. The van der Waals surface area contributed by atoms with Crippen molar-refractivity contribution in [2.45, 2.75) is 13.8 Å². The van der Waals surface area contributed by atoms with Crippen LogP contribution in [0.25, 0.3) is 11.0 Å². The van der Waals surface area contributed by atoms with Crippen molar-refractivity contribution in [3.8, 4) is 0 Å². The molecule has 0 aliphatic rings. The second-order valence-electron chi connectivity index (χ2n) is 5.06. The van der Waals surface area contributed by atoms with Gasteiger partial charge in [-0.15, -0.1) is 0 Å². The first-order valence-electron chi connectivity index (χ1n) is 7.31. The van der Waals surface area contributed by atoms with E-state index in [1.165, 1.54) is 28.6 Å². The number of carboxylic acids is 1. The number of furan rings is 1. The summed E-state index contributed by atoms with van der Waals surface area (Å²) in [6.45, 7) is 3.99. The fraction of sp³-hybridized carbons (Fsp3) is 0.333. The van der Waals surface area contributed by atoms with E-state index in [9.17, 15) is 18.0 Å². The minimum absolute atomic E-state index is 0.211. The van der Waals surface area contributed by atoms with Crippen LogP contribution in [0.1, 0.15) is 24.4 Å². The third-order valence-corrected chi connectivity index (χ3v) is 5.35. The van der Waals surface area contributed by atoms with Crippen molar-refractivity contribution >= 4 is 38.6 Å². The molecule has 0 atom stereocenters. The number of carbonyl (C=O) groups excluding carboxylic acids is 1. The van der Waals surface area contributed by atoms with Crippen molar-refractivity contribution in [1.82, 2.24) is 4.31 Å². The summed E-state index contributed by atoms with van der Waals surface area (Å²) >= 11 is 0. The zero-order valence-corrected chi connectivity index (χ0v) is 14.1. The Bertz CT molecular complexity index is 867. The third kappa shape index (κ3) is 3.92. The van der Waals surface area contributed by atoms with Crippen LogP contribution < -0.4 is 5.32 Å². The Hall–Kier alpha value is -2.39. The quantitative estimate of drug-likeness (QED) is 0.782. The highest BCUT2D eigenvalue weighted by molar-refractivity contribution is 7.89. The summed E-state index contributed by atoms with van der Waals surface area (Å²) < 4.78 is 30.5. The standard InChI is InChI=1S/C15H18N2O6S/c1-3-17(4-2)24(21,22)9-14(18)16-11-5-6-12-10(7-11)8-13(23-12)15(19)20/h5-8H,3-4,9H2,1-2H3,(H,16,18)(H,19,20). The fourth-order valence-electron chi connectivity index (χ4n) is 2.30. The molecular weight excluding hydrogens is 336 g/mol. The topological polar surface area (TPSA) is 117 Å². The lowest BCUT2D eigenvalue weighted by Crippen LogP contribution is -2.36. The molecule has 0 bridgehead atoms. The number of amides is 1. The van der Waals surface area contributed by atoms with Gasteiger partial charge in [0, 0.05) is 24.2 Å². The number of rotatable bonds is 7. The van der Waals surface area contributed by atoms with Gasteiger partial charge in [-0.1, -0.05) is 13.8 Å². The lowest BCUT2D eigenvalue weighted by Gasteiger charge is -2.17. The van der Waals surface area contributed by atoms with Gasteiger partial charge < -0.3 is 14.8 Å². The zero-order valence-electron chi connectivity index (χ0n) is 13.3. The van der Waals surface area contributed by atoms with Crippen molar-refractivity contribution in [3.05, 3.63) is 30.0 Å². The molecule has 9 heteroatoms. The average Bonchev–Trinajstić information content (AvgIpc) is 2.90. The third-order valence-electron chi connectivity index (χ3n) is 3.42. The van der Waals surface area contributed by atoms with E-state index < -0.39 is 27.7 Å². The second kappa shape index (κ2) is 7.02. The maximum absolute atomic E-state index is 12.1. The van der Waals surface area contributed by atoms with Crippen LogP contribution in [0, 0.1) is 0 Å². The molecule has 24 heavy (non-hydrogen) atoms. The van der Waals surface area contributed by atoms with Gasteiger partial charge in [0.2, 0.25) is 21.7 Å². The number of nitrogens with zero attached hydrogens (tertiary/aromatic N) is 1. The molecule has 0 unspecified atom stereocenters. The SMILES string of the molecule is CCN(CC)S(=O)(=O)CC(=O)Nc1ccc2oc(C(=O)O)cc2c1. The molecule has 0 aliphatic carbocycles. The molecule has 130 valence electrons. The van der Waals surface area contributed by atoms with Crippen LogP contribution in [-0.2, 0) is 14.8 Å². The first-order chi connectivity index (χ1) is 11.3. The Morgan fingerprint density at radius 2 is 1.88 bits per heavy atom. The molecule has 0 spiro atoms. The monoisotopic (exact) mass is 354 g/mol. The summed E-state index contributed by atoms with van der Waals surface area (Å²) in [5, 5.41) is 11.9. The number of hydrogen-bond donors (Lipinski definition) is 2. The number of benzene rings is 1. The zero-order chi connectivity index (χ0) is 17.9. The molecule has 1 heterocycles. The maximum atomic E-state index is 12.1. The molecule has 1 aromatic carbocycles. The van der Waals surface area contributed by atoms with Crippen LogP contribution in [0.2, 0.25) is 0 Å². The molecule has 2 N–H and O–H groups in total. The van der Waals surface area contributed by atoms with E-state index in [4.69, 9.17) is 9.52 Å². The van der Waals surface area contributed by atoms with E-state index in [2.05, 4.69) is 5.32 Å². The number of carbonyl (C=O) groups is 2. The van der Waals surface area contributed by atoms with Gasteiger partial charge in [0.15, 0.2) is 0 Å². The molecule has 0 fully saturated rings. The van der Waals surface area contributed by atoms with E-state index in [1.807, 2.05) is 0 Å². The highest BCUT2D eigenvalue weighted by atomic mass is 32.2. The summed E-state index contributed by atoms with van der Waals surface area (Å²) in [4.78, 5) is 22.9. The highest BCUT2D eigenvalue weighted by Gasteiger charge is 2.23. The number of nitrogens with one attached hydrogen (secondary N) is 1. The van der Waals surface area contributed by atoms with Crippen molar-refractivity contribution in [2.75, 3.05) is 24.2 Å². The molecule has 0 saturated heterocycles. The van der Waals surface area contributed by atoms with E-state index >= 15 is 0 Å². The Balaban J connectivity index is 2.14. The number of anilines is 1. The van der Waals surface area contributed by atoms with Gasteiger partial charge in [-0.3, -0.25) is 4.79 Å². The van der Waals surface area contributed by atoms with Gasteiger partial charge in [-0.2, -0.15) is 0 Å². The van der Waals surface area contributed by atoms with Crippen LogP contribution in [-0.4, -0.2) is 48.5 Å². The van der Waals surface area contributed by atoms with E-state index in [0.717, 1.165) is 0 Å². The first kappa shape index (κ1) is 18.0. The summed E-state index contributed by atoms with van der Waals surface area (Å²) in [6.07, 6.45) is 0. The molecule has 1 amide bonds. The van der Waals surface area contributed by atoms with E-state index in [-0.39, 0.29) is 5.76 Å². The van der Waals surface area contributed by atoms with Gasteiger partial charge in [-0.05, 0) is 24.3 Å². The summed E-state index contributed by atoms with van der Waals surface area (Å²) in [5.74, 6) is -2.72. The Labute approximate surface area is 139 Å². The summed E-state index contributed by atoms with van der Waals surface area (Å²) in [6, 6.07) is 5.88. The molecular formula is C15H18N2O6S. The van der Waals surface area contributed by atoms with Crippen molar-refractivity contribution in [1.29, 1.82) is 0 Å². The predicted octanol–water partition coefficient (Wildman–Crippen LogP) is 1.74. The summed E-state index contributed by atoms with van der Waals surface area (Å²) in [5.41, 5.74) is 0.723. The molecule has 8 nitrogen and oxygen atoms in total. The molecule has 1 aromatic heterocycles. The normalized spacial score (nSPS) is 11.8. The van der Waals surface area contributed by atoms with Gasteiger partial charge >= 0.3 is 5.97 Å². The van der Waals surface area contributed by atoms with Crippen molar-refractivity contribution in [3.63, 3.8) is 0 Å². The Morgan fingerprint density at radius 1 is 1.21 bits per heavy atom. The minimum Gasteiger partial charge on any atom is -0.475 e. The molecule has 2 rings (SSSR count). The molecule has 0 aliphatic heterocycles. The van der Waals surface area contributed by atoms with Crippen molar-refractivity contribution < 1.29 is 27.5 Å². The van der Waals surface area contributed by atoms with Crippen LogP contribution in [0.5, 0.6) is 0 Å². The summed E-state index contributed by atoms with van der Waals surface area (Å²) in [7, 11) is -3.67. The predicted molar refractivity (Wildman–Crippen MR) is 88.5 cm³/mol. The second-order valence-corrected chi connectivity index (χ2v) is 7.03. The van der Waals surface area contributed by atoms with Gasteiger partial charge in [-0.25, -0.2) is 17.5 Å². The molecule has 0 saturated carbocycles. The fourth-order valence-corrected chi connectivity index (χ4v) is 3.67. The number of sulfonamides is 1. The number of aromatic carboxylic acids is 1.